The van der Waals surface area contributed by atoms with E-state index < -0.39 is 11.7 Å². The summed E-state index contributed by atoms with van der Waals surface area (Å²) in [4.78, 5) is 27.0. The smallest absolute Gasteiger partial charge is 0.408 e. The molecule has 1 aromatic rings. The van der Waals surface area contributed by atoms with Gasteiger partial charge in [-0.2, -0.15) is 0 Å². The zero-order chi connectivity index (χ0) is 14.5. The molecule has 5 nitrogen and oxygen atoms in total. The van der Waals surface area contributed by atoms with Crippen LogP contribution in [0.2, 0.25) is 5.02 Å². The van der Waals surface area contributed by atoms with Gasteiger partial charge in [-0.25, -0.2) is 4.79 Å². The first kappa shape index (κ1) is 15.4. The van der Waals surface area contributed by atoms with Crippen LogP contribution in [0.4, 0.5) is 4.79 Å². The molecule has 0 aliphatic heterocycles. The SMILES string of the molecule is CC(C)(C)OC(=O)NCC(=O)Cc1ccc(Cl)cn1. The summed E-state index contributed by atoms with van der Waals surface area (Å²) in [5.41, 5.74) is 0.0330. The van der Waals surface area contributed by atoms with Crippen LogP contribution in [0.3, 0.4) is 0 Å². The van der Waals surface area contributed by atoms with E-state index in [1.807, 2.05) is 0 Å². The molecule has 0 atom stereocenters. The highest BCUT2D eigenvalue weighted by atomic mass is 35.5. The van der Waals surface area contributed by atoms with E-state index in [4.69, 9.17) is 16.3 Å². The second-order valence-electron chi connectivity index (χ2n) is 5.04. The number of halogens is 1. The summed E-state index contributed by atoms with van der Waals surface area (Å²) in [5.74, 6) is -0.152. The van der Waals surface area contributed by atoms with Crippen molar-refractivity contribution in [3.8, 4) is 0 Å². The lowest BCUT2D eigenvalue weighted by Crippen LogP contribution is -2.35. The molecule has 104 valence electrons. The molecule has 0 saturated heterocycles. The van der Waals surface area contributed by atoms with Gasteiger partial charge in [-0.1, -0.05) is 11.6 Å². The molecule has 1 amide bonds. The van der Waals surface area contributed by atoms with Crippen molar-refractivity contribution in [2.45, 2.75) is 32.8 Å². The Morgan fingerprint density at radius 3 is 2.58 bits per heavy atom. The number of ether oxygens (including phenoxy) is 1. The number of carbonyl (C=O) groups is 2. The number of nitrogens with one attached hydrogen (secondary N) is 1. The molecule has 0 unspecified atom stereocenters. The second kappa shape index (κ2) is 6.52. The molecule has 1 heterocycles. The molecule has 0 saturated carbocycles. The third kappa shape index (κ3) is 6.76. The van der Waals surface area contributed by atoms with Gasteiger partial charge in [0.15, 0.2) is 5.78 Å². The molecular weight excluding hydrogens is 268 g/mol. The van der Waals surface area contributed by atoms with Crippen LogP contribution in [-0.4, -0.2) is 29.0 Å². The van der Waals surface area contributed by atoms with Crippen LogP contribution in [-0.2, 0) is 16.0 Å². The maximum atomic E-state index is 11.6. The third-order valence-electron chi connectivity index (χ3n) is 2.00. The summed E-state index contributed by atoms with van der Waals surface area (Å²) in [6, 6.07) is 3.34. The predicted molar refractivity (Wildman–Crippen MR) is 72.2 cm³/mol. The number of carbonyl (C=O) groups excluding carboxylic acids is 2. The maximum absolute atomic E-state index is 11.6. The Bertz CT molecular complexity index is 452. The Kier molecular flexibility index (Phi) is 5.30. The van der Waals surface area contributed by atoms with Gasteiger partial charge in [0.05, 0.1) is 18.0 Å². The van der Waals surface area contributed by atoms with Crippen LogP contribution in [0.5, 0.6) is 0 Å². The number of aromatic nitrogens is 1. The summed E-state index contributed by atoms with van der Waals surface area (Å²) in [6.45, 7) is 5.18. The normalized spacial score (nSPS) is 10.9. The minimum absolute atomic E-state index is 0.0841. The van der Waals surface area contributed by atoms with Crippen molar-refractivity contribution in [3.63, 3.8) is 0 Å². The lowest BCUT2D eigenvalue weighted by atomic mass is 10.2. The molecule has 0 aliphatic carbocycles. The van der Waals surface area contributed by atoms with Crippen molar-refractivity contribution in [2.75, 3.05) is 6.54 Å². The van der Waals surface area contributed by atoms with E-state index in [1.54, 1.807) is 32.9 Å². The fourth-order valence-corrected chi connectivity index (χ4v) is 1.37. The van der Waals surface area contributed by atoms with Gasteiger partial charge < -0.3 is 10.1 Å². The van der Waals surface area contributed by atoms with Crippen LogP contribution in [0, 0.1) is 0 Å². The van der Waals surface area contributed by atoms with Crippen LogP contribution < -0.4 is 5.32 Å². The van der Waals surface area contributed by atoms with E-state index in [0.717, 1.165) is 0 Å². The van der Waals surface area contributed by atoms with Crippen LogP contribution in [0.1, 0.15) is 26.5 Å². The summed E-state index contributed by atoms with van der Waals surface area (Å²) < 4.78 is 5.02. The van der Waals surface area contributed by atoms with Crippen molar-refractivity contribution in [1.82, 2.24) is 10.3 Å². The van der Waals surface area contributed by atoms with E-state index in [-0.39, 0.29) is 18.7 Å². The molecule has 0 radical (unpaired) electrons. The first-order chi connectivity index (χ1) is 8.76. The molecule has 6 heteroatoms. The molecule has 0 spiro atoms. The molecule has 0 fully saturated rings. The topological polar surface area (TPSA) is 68.3 Å². The van der Waals surface area contributed by atoms with Gasteiger partial charge in [0, 0.05) is 11.9 Å². The molecule has 1 rings (SSSR count). The van der Waals surface area contributed by atoms with Crippen molar-refractivity contribution >= 4 is 23.5 Å². The fraction of sp³-hybridized carbons (Fsp3) is 0.462. The monoisotopic (exact) mass is 284 g/mol. The van der Waals surface area contributed by atoms with Gasteiger partial charge >= 0.3 is 6.09 Å². The van der Waals surface area contributed by atoms with Crippen molar-refractivity contribution in [2.24, 2.45) is 0 Å². The Balaban J connectivity index is 2.36. The Morgan fingerprint density at radius 1 is 1.37 bits per heavy atom. The molecule has 19 heavy (non-hydrogen) atoms. The quantitative estimate of drug-likeness (QED) is 0.922. The minimum atomic E-state index is -0.607. The van der Waals surface area contributed by atoms with Crippen LogP contribution in [0.15, 0.2) is 18.3 Å². The second-order valence-corrected chi connectivity index (χ2v) is 5.48. The number of pyridine rings is 1. The number of Topliss-reactive ketones (excluding diaryl/α,β-unsaturated/α-hetero) is 1. The Morgan fingerprint density at radius 2 is 2.05 bits per heavy atom. The average Bonchev–Trinajstić information content (AvgIpc) is 2.27. The van der Waals surface area contributed by atoms with Gasteiger partial charge in [0.25, 0.3) is 0 Å². The number of amides is 1. The molecule has 0 aromatic carbocycles. The van der Waals surface area contributed by atoms with E-state index in [1.165, 1.54) is 6.20 Å². The Hall–Kier alpha value is -1.62. The third-order valence-corrected chi connectivity index (χ3v) is 2.22. The van der Waals surface area contributed by atoms with Gasteiger partial charge in [0.2, 0.25) is 0 Å². The summed E-state index contributed by atoms with van der Waals surface area (Å²) in [5, 5.41) is 2.92. The number of hydrogen-bond donors (Lipinski definition) is 1. The van der Waals surface area contributed by atoms with E-state index >= 15 is 0 Å². The number of alkyl carbamates (subject to hydrolysis) is 1. The van der Waals surface area contributed by atoms with Crippen molar-refractivity contribution in [1.29, 1.82) is 0 Å². The average molecular weight is 285 g/mol. The number of nitrogens with zero attached hydrogens (tertiary/aromatic N) is 1. The zero-order valence-corrected chi connectivity index (χ0v) is 12.0. The molecule has 1 aromatic heterocycles. The lowest BCUT2D eigenvalue weighted by Gasteiger charge is -2.19. The highest BCUT2D eigenvalue weighted by molar-refractivity contribution is 6.30. The lowest BCUT2D eigenvalue weighted by molar-refractivity contribution is -0.117. The minimum Gasteiger partial charge on any atom is -0.444 e. The number of ketones is 1. The van der Waals surface area contributed by atoms with Crippen molar-refractivity contribution in [3.05, 3.63) is 29.0 Å². The summed E-state index contributed by atoms with van der Waals surface area (Å²) >= 11 is 5.69. The molecular formula is C13H17ClN2O3. The fourth-order valence-electron chi connectivity index (χ4n) is 1.26. The van der Waals surface area contributed by atoms with E-state index in [9.17, 15) is 9.59 Å². The summed E-state index contributed by atoms with van der Waals surface area (Å²) in [6.07, 6.45) is 1.02. The maximum Gasteiger partial charge on any atom is 0.408 e. The predicted octanol–water partition coefficient (Wildman–Crippen LogP) is 2.37. The van der Waals surface area contributed by atoms with E-state index in [0.29, 0.717) is 10.7 Å². The van der Waals surface area contributed by atoms with E-state index in [2.05, 4.69) is 10.3 Å². The first-order valence-corrected chi connectivity index (χ1v) is 6.23. The first-order valence-electron chi connectivity index (χ1n) is 5.85. The number of hydrogen-bond acceptors (Lipinski definition) is 4. The highest BCUT2D eigenvalue weighted by Crippen LogP contribution is 2.07. The molecule has 0 aliphatic rings. The van der Waals surface area contributed by atoms with Gasteiger partial charge in [-0.3, -0.25) is 9.78 Å². The van der Waals surface area contributed by atoms with Crippen LogP contribution >= 0.6 is 11.6 Å². The number of rotatable bonds is 4. The van der Waals surface area contributed by atoms with Gasteiger partial charge in [0.1, 0.15) is 5.60 Å². The molecule has 1 N–H and O–H groups in total. The van der Waals surface area contributed by atoms with Crippen molar-refractivity contribution < 1.29 is 14.3 Å². The van der Waals surface area contributed by atoms with Gasteiger partial charge in [-0.15, -0.1) is 0 Å². The highest BCUT2D eigenvalue weighted by Gasteiger charge is 2.16. The summed E-state index contributed by atoms with van der Waals surface area (Å²) in [7, 11) is 0. The van der Waals surface area contributed by atoms with Gasteiger partial charge in [-0.05, 0) is 32.9 Å². The molecule has 0 bridgehead atoms. The zero-order valence-electron chi connectivity index (χ0n) is 11.2. The largest absolute Gasteiger partial charge is 0.444 e. The van der Waals surface area contributed by atoms with Crippen LogP contribution in [0.25, 0.3) is 0 Å². The Labute approximate surface area is 117 Å². The standard InChI is InChI=1S/C13H17ClN2O3/c1-13(2,3)19-12(18)16-8-11(17)6-10-5-4-9(14)7-15-10/h4-5,7H,6,8H2,1-3H3,(H,16,18).